The molecule has 1 heterocycles. The second-order valence-corrected chi connectivity index (χ2v) is 4.48. The van der Waals surface area contributed by atoms with Crippen LogP contribution in [0.25, 0.3) is 0 Å². The van der Waals surface area contributed by atoms with Crippen molar-refractivity contribution in [3.05, 3.63) is 40.9 Å². The summed E-state index contributed by atoms with van der Waals surface area (Å²) in [5.74, 6) is -0.209. The molecular formula is C11H10Cl2N4O. The zero-order valence-electron chi connectivity index (χ0n) is 9.47. The normalized spacial score (nSPS) is 12.2. The smallest absolute Gasteiger partial charge is 0.249 e. The van der Waals surface area contributed by atoms with E-state index in [0.717, 1.165) is 0 Å². The Morgan fingerprint density at radius 2 is 2.17 bits per heavy atom. The summed E-state index contributed by atoms with van der Waals surface area (Å²) in [6.45, 7) is 1.72. The molecule has 2 aromatic rings. The minimum absolute atomic E-state index is 0.209. The first-order chi connectivity index (χ1) is 8.58. The molecule has 18 heavy (non-hydrogen) atoms. The number of halogens is 2. The molecule has 0 fully saturated rings. The molecule has 0 bridgehead atoms. The van der Waals surface area contributed by atoms with Gasteiger partial charge in [-0.1, -0.05) is 23.2 Å². The van der Waals surface area contributed by atoms with Gasteiger partial charge in [-0.05, 0) is 25.1 Å². The number of benzene rings is 1. The Morgan fingerprint density at radius 1 is 1.39 bits per heavy atom. The number of nitrogens with zero attached hydrogens (tertiary/aromatic N) is 3. The van der Waals surface area contributed by atoms with Crippen molar-refractivity contribution in [2.75, 3.05) is 5.32 Å². The van der Waals surface area contributed by atoms with Gasteiger partial charge >= 0.3 is 0 Å². The number of hydrogen-bond donors (Lipinski definition) is 1. The summed E-state index contributed by atoms with van der Waals surface area (Å²) in [6.07, 6.45) is 2.86. The first-order valence-corrected chi connectivity index (χ1v) is 5.93. The van der Waals surface area contributed by atoms with Gasteiger partial charge in [0.25, 0.3) is 0 Å². The second kappa shape index (κ2) is 5.37. The van der Waals surface area contributed by atoms with Crippen LogP contribution >= 0.6 is 23.2 Å². The van der Waals surface area contributed by atoms with E-state index in [0.29, 0.717) is 15.7 Å². The number of amides is 1. The molecule has 94 valence electrons. The zero-order chi connectivity index (χ0) is 13.1. The summed E-state index contributed by atoms with van der Waals surface area (Å²) >= 11 is 11.7. The Bertz CT molecular complexity index is 556. The Kier molecular flexibility index (Phi) is 3.84. The highest BCUT2D eigenvalue weighted by atomic mass is 35.5. The maximum atomic E-state index is 11.9. The van der Waals surface area contributed by atoms with Crippen LogP contribution in [0.5, 0.6) is 0 Å². The molecule has 0 radical (unpaired) electrons. The number of hydrogen-bond acceptors (Lipinski definition) is 3. The highest BCUT2D eigenvalue weighted by molar-refractivity contribution is 6.42. The Balaban J connectivity index is 2.09. The summed E-state index contributed by atoms with van der Waals surface area (Å²) in [4.78, 5) is 15.7. The Morgan fingerprint density at radius 3 is 2.78 bits per heavy atom. The van der Waals surface area contributed by atoms with Crippen LogP contribution in [0.1, 0.15) is 13.0 Å². The number of aromatic nitrogens is 3. The molecule has 0 aliphatic carbocycles. The number of anilines is 1. The predicted octanol–water partition coefficient (Wildman–Crippen LogP) is 2.78. The first kappa shape index (κ1) is 12.9. The van der Waals surface area contributed by atoms with E-state index in [1.165, 1.54) is 17.3 Å². The summed E-state index contributed by atoms with van der Waals surface area (Å²) in [5, 5.41) is 7.47. The topological polar surface area (TPSA) is 59.8 Å². The second-order valence-electron chi connectivity index (χ2n) is 3.67. The van der Waals surface area contributed by atoms with E-state index in [2.05, 4.69) is 15.4 Å². The quantitative estimate of drug-likeness (QED) is 0.943. The number of rotatable bonds is 3. The molecule has 0 spiro atoms. The lowest BCUT2D eigenvalue weighted by Crippen LogP contribution is -2.24. The molecule has 1 N–H and O–H groups in total. The number of carbonyl (C=O) groups is 1. The standard InChI is InChI=1S/C11H10Cl2N4O/c1-7(17-6-14-5-15-17)11(18)16-8-2-3-9(12)10(13)4-8/h2-7H,1H3,(H,16,18)/t7-/m1/s1. The fourth-order valence-electron chi connectivity index (χ4n) is 1.36. The van der Waals surface area contributed by atoms with Crippen molar-refractivity contribution in [3.63, 3.8) is 0 Å². The largest absolute Gasteiger partial charge is 0.324 e. The van der Waals surface area contributed by atoms with Gasteiger partial charge in [0, 0.05) is 5.69 Å². The van der Waals surface area contributed by atoms with Gasteiger partial charge in [0.2, 0.25) is 5.91 Å². The molecule has 0 unspecified atom stereocenters. The van der Waals surface area contributed by atoms with Gasteiger partial charge in [0.05, 0.1) is 10.0 Å². The maximum absolute atomic E-state index is 11.9. The average molecular weight is 285 g/mol. The molecule has 1 aromatic carbocycles. The SMILES string of the molecule is C[C@H](C(=O)Nc1ccc(Cl)c(Cl)c1)n1cncn1. The molecule has 0 saturated heterocycles. The lowest BCUT2D eigenvalue weighted by atomic mass is 10.2. The van der Waals surface area contributed by atoms with E-state index in [1.807, 2.05) is 0 Å². The van der Waals surface area contributed by atoms with Crippen LogP contribution in [-0.4, -0.2) is 20.7 Å². The Labute approximate surface area is 114 Å². The summed E-state index contributed by atoms with van der Waals surface area (Å²) in [5.41, 5.74) is 0.585. The third-order valence-electron chi connectivity index (χ3n) is 2.40. The van der Waals surface area contributed by atoms with E-state index in [9.17, 15) is 4.79 Å². The zero-order valence-corrected chi connectivity index (χ0v) is 11.0. The lowest BCUT2D eigenvalue weighted by molar-refractivity contribution is -0.119. The monoisotopic (exact) mass is 284 g/mol. The summed E-state index contributed by atoms with van der Waals surface area (Å²) < 4.78 is 1.47. The molecule has 7 heteroatoms. The van der Waals surface area contributed by atoms with Gasteiger partial charge in [0.15, 0.2) is 0 Å². The average Bonchev–Trinajstić information content (AvgIpc) is 2.86. The molecule has 0 saturated carbocycles. The van der Waals surface area contributed by atoms with E-state index in [1.54, 1.807) is 25.1 Å². The highest BCUT2D eigenvalue weighted by Crippen LogP contribution is 2.25. The molecule has 1 atom stereocenters. The van der Waals surface area contributed by atoms with Crippen molar-refractivity contribution in [2.45, 2.75) is 13.0 Å². The molecule has 1 amide bonds. The highest BCUT2D eigenvalue weighted by Gasteiger charge is 2.15. The van der Waals surface area contributed by atoms with Crippen LogP contribution < -0.4 is 5.32 Å². The van der Waals surface area contributed by atoms with Crippen molar-refractivity contribution in [1.29, 1.82) is 0 Å². The van der Waals surface area contributed by atoms with Gasteiger partial charge in [-0.15, -0.1) is 0 Å². The fourth-order valence-corrected chi connectivity index (χ4v) is 1.66. The van der Waals surface area contributed by atoms with E-state index in [-0.39, 0.29) is 5.91 Å². The molecule has 0 aliphatic rings. The Hall–Kier alpha value is -1.59. The first-order valence-electron chi connectivity index (χ1n) is 5.18. The molecule has 2 rings (SSSR count). The number of nitrogens with one attached hydrogen (secondary N) is 1. The van der Waals surface area contributed by atoms with Crippen molar-refractivity contribution < 1.29 is 4.79 Å². The molecule has 0 aliphatic heterocycles. The lowest BCUT2D eigenvalue weighted by Gasteiger charge is -2.12. The van der Waals surface area contributed by atoms with Gasteiger partial charge in [0.1, 0.15) is 18.7 Å². The van der Waals surface area contributed by atoms with Crippen LogP contribution in [-0.2, 0) is 4.79 Å². The van der Waals surface area contributed by atoms with E-state index >= 15 is 0 Å². The fraction of sp³-hybridized carbons (Fsp3) is 0.182. The van der Waals surface area contributed by atoms with Crippen LogP contribution in [0, 0.1) is 0 Å². The van der Waals surface area contributed by atoms with E-state index < -0.39 is 6.04 Å². The van der Waals surface area contributed by atoms with Gasteiger partial charge < -0.3 is 5.32 Å². The van der Waals surface area contributed by atoms with Crippen LogP contribution in [0.3, 0.4) is 0 Å². The third kappa shape index (κ3) is 2.80. The van der Waals surface area contributed by atoms with Crippen molar-refractivity contribution in [1.82, 2.24) is 14.8 Å². The summed E-state index contributed by atoms with van der Waals surface area (Å²) in [6, 6.07) is 4.44. The van der Waals surface area contributed by atoms with Gasteiger partial charge in [-0.3, -0.25) is 4.79 Å². The molecule has 5 nitrogen and oxygen atoms in total. The number of carbonyl (C=O) groups excluding carboxylic acids is 1. The maximum Gasteiger partial charge on any atom is 0.249 e. The van der Waals surface area contributed by atoms with Crippen LogP contribution in [0.15, 0.2) is 30.9 Å². The van der Waals surface area contributed by atoms with Gasteiger partial charge in [-0.25, -0.2) is 9.67 Å². The third-order valence-corrected chi connectivity index (χ3v) is 3.14. The van der Waals surface area contributed by atoms with Gasteiger partial charge in [-0.2, -0.15) is 5.10 Å². The van der Waals surface area contributed by atoms with Crippen molar-refractivity contribution in [3.8, 4) is 0 Å². The summed E-state index contributed by atoms with van der Waals surface area (Å²) in [7, 11) is 0. The van der Waals surface area contributed by atoms with Crippen molar-refractivity contribution in [2.24, 2.45) is 0 Å². The molecular weight excluding hydrogens is 275 g/mol. The predicted molar refractivity (Wildman–Crippen MR) is 69.8 cm³/mol. The van der Waals surface area contributed by atoms with Crippen LogP contribution in [0.2, 0.25) is 10.0 Å². The minimum atomic E-state index is -0.457. The van der Waals surface area contributed by atoms with Crippen molar-refractivity contribution >= 4 is 34.8 Å². The molecule has 1 aromatic heterocycles. The minimum Gasteiger partial charge on any atom is -0.324 e. The van der Waals surface area contributed by atoms with Crippen LogP contribution in [0.4, 0.5) is 5.69 Å². The van der Waals surface area contributed by atoms with E-state index in [4.69, 9.17) is 23.2 Å².